The van der Waals surface area contributed by atoms with E-state index in [9.17, 15) is 14.7 Å². The highest BCUT2D eigenvalue weighted by Crippen LogP contribution is 2.23. The van der Waals surface area contributed by atoms with E-state index >= 15 is 0 Å². The Morgan fingerprint density at radius 1 is 1.47 bits per heavy atom. The fourth-order valence-corrected chi connectivity index (χ4v) is 2.63. The van der Waals surface area contributed by atoms with Crippen molar-refractivity contribution in [2.45, 2.75) is 36.7 Å². The van der Waals surface area contributed by atoms with Crippen molar-refractivity contribution in [3.05, 3.63) is 20.7 Å². The van der Waals surface area contributed by atoms with Gasteiger partial charge in [-0.15, -0.1) is 0 Å². The summed E-state index contributed by atoms with van der Waals surface area (Å²) >= 11 is 1.19. The van der Waals surface area contributed by atoms with Crippen LogP contribution in [0.3, 0.4) is 0 Å². The van der Waals surface area contributed by atoms with Gasteiger partial charge in [0.15, 0.2) is 5.16 Å². The molecule has 0 aromatic carbocycles. The zero-order valence-corrected chi connectivity index (χ0v) is 12.1. The van der Waals surface area contributed by atoms with Gasteiger partial charge < -0.3 is 10.8 Å². The second-order valence-corrected chi connectivity index (χ2v) is 6.04. The zero-order chi connectivity index (χ0) is 14.6. The van der Waals surface area contributed by atoms with Gasteiger partial charge >= 0.3 is 11.1 Å². The lowest BCUT2D eigenvalue weighted by Gasteiger charge is -2.22. The Balaban J connectivity index is 2.90. The summed E-state index contributed by atoms with van der Waals surface area (Å²) in [6.07, 6.45) is 0.759. The molecule has 7 nitrogen and oxygen atoms in total. The van der Waals surface area contributed by atoms with Crippen molar-refractivity contribution in [3.8, 4) is 0 Å². The van der Waals surface area contributed by atoms with E-state index in [2.05, 4.69) is 10.1 Å². The topological polar surface area (TPSA) is 114 Å². The first-order chi connectivity index (χ1) is 8.85. The van der Waals surface area contributed by atoms with Crippen molar-refractivity contribution in [2.75, 3.05) is 6.61 Å². The predicted octanol–water partition coefficient (Wildman–Crippen LogP) is -0.705. The van der Waals surface area contributed by atoms with E-state index in [0.29, 0.717) is 11.1 Å². The van der Waals surface area contributed by atoms with E-state index in [1.807, 2.05) is 13.8 Å². The van der Waals surface area contributed by atoms with E-state index in [0.717, 1.165) is 6.42 Å². The SMILES string of the molecule is CC(C)CC(N)C(CO)Sc1nc(=O)c(=O)[nH]n1C. The Labute approximate surface area is 115 Å². The molecule has 0 spiro atoms. The fourth-order valence-electron chi connectivity index (χ4n) is 1.66. The molecule has 1 aromatic heterocycles. The highest BCUT2D eigenvalue weighted by atomic mass is 32.2. The van der Waals surface area contributed by atoms with Crippen LogP contribution in [0.2, 0.25) is 0 Å². The van der Waals surface area contributed by atoms with Gasteiger partial charge in [0.05, 0.1) is 11.9 Å². The number of rotatable bonds is 6. The summed E-state index contributed by atoms with van der Waals surface area (Å²) in [7, 11) is 1.58. The van der Waals surface area contributed by atoms with Gasteiger partial charge in [-0.1, -0.05) is 25.6 Å². The third-order valence-corrected chi connectivity index (χ3v) is 3.98. The summed E-state index contributed by atoms with van der Waals surface area (Å²) < 4.78 is 1.36. The van der Waals surface area contributed by atoms with Crippen molar-refractivity contribution in [2.24, 2.45) is 18.7 Å². The van der Waals surface area contributed by atoms with Crippen LogP contribution in [0.15, 0.2) is 14.7 Å². The number of aromatic amines is 1. The molecule has 108 valence electrons. The molecule has 0 amide bonds. The molecule has 0 fully saturated rings. The van der Waals surface area contributed by atoms with E-state index < -0.39 is 11.1 Å². The average molecular weight is 288 g/mol. The molecule has 4 N–H and O–H groups in total. The van der Waals surface area contributed by atoms with Crippen LogP contribution in [-0.4, -0.2) is 37.8 Å². The Morgan fingerprint density at radius 2 is 2.11 bits per heavy atom. The molecule has 19 heavy (non-hydrogen) atoms. The molecule has 0 saturated heterocycles. The molecule has 0 aliphatic rings. The van der Waals surface area contributed by atoms with Crippen molar-refractivity contribution in [1.29, 1.82) is 0 Å². The fraction of sp³-hybridized carbons (Fsp3) is 0.727. The van der Waals surface area contributed by atoms with Crippen LogP contribution in [0.4, 0.5) is 0 Å². The number of hydrogen-bond donors (Lipinski definition) is 3. The van der Waals surface area contributed by atoms with Crippen LogP contribution >= 0.6 is 11.8 Å². The van der Waals surface area contributed by atoms with Crippen LogP contribution in [-0.2, 0) is 7.05 Å². The number of nitrogens with zero attached hydrogens (tertiary/aromatic N) is 2. The standard InChI is InChI=1S/C11H20N4O3S/c1-6(2)4-7(12)8(5-16)19-11-13-9(17)10(18)14-15(11)3/h6-8,16H,4-5,12H2,1-3H3,(H,14,18). The zero-order valence-electron chi connectivity index (χ0n) is 11.3. The predicted molar refractivity (Wildman–Crippen MR) is 74.3 cm³/mol. The Kier molecular flexibility index (Phi) is 5.77. The van der Waals surface area contributed by atoms with Crippen molar-refractivity contribution >= 4 is 11.8 Å². The van der Waals surface area contributed by atoms with E-state index in [4.69, 9.17) is 5.73 Å². The van der Waals surface area contributed by atoms with Crippen LogP contribution < -0.4 is 16.9 Å². The average Bonchev–Trinajstić information content (AvgIpc) is 2.31. The van der Waals surface area contributed by atoms with Crippen molar-refractivity contribution in [3.63, 3.8) is 0 Å². The number of thioether (sulfide) groups is 1. The number of aryl methyl sites for hydroxylation is 1. The van der Waals surface area contributed by atoms with Gasteiger partial charge in [0.25, 0.3) is 0 Å². The molecular formula is C11H20N4O3S. The molecule has 1 heterocycles. The molecule has 0 radical (unpaired) electrons. The molecule has 2 atom stereocenters. The highest BCUT2D eigenvalue weighted by molar-refractivity contribution is 7.99. The minimum absolute atomic E-state index is 0.118. The Hall–Kier alpha value is -1.12. The molecule has 0 aliphatic heterocycles. The van der Waals surface area contributed by atoms with Crippen LogP contribution in [0.25, 0.3) is 0 Å². The molecule has 1 rings (SSSR count). The third kappa shape index (κ3) is 4.48. The second kappa shape index (κ2) is 6.88. The van der Waals surface area contributed by atoms with Gasteiger partial charge in [-0.25, -0.2) is 0 Å². The summed E-state index contributed by atoms with van der Waals surface area (Å²) in [6.45, 7) is 3.98. The van der Waals surface area contributed by atoms with E-state index in [-0.39, 0.29) is 17.9 Å². The molecule has 1 aromatic rings. The van der Waals surface area contributed by atoms with Gasteiger partial charge in [-0.05, 0) is 12.3 Å². The molecule has 0 saturated carbocycles. The monoisotopic (exact) mass is 288 g/mol. The first-order valence-electron chi connectivity index (χ1n) is 6.05. The summed E-state index contributed by atoms with van der Waals surface area (Å²) in [5.41, 5.74) is 4.42. The van der Waals surface area contributed by atoms with E-state index in [1.54, 1.807) is 7.05 Å². The van der Waals surface area contributed by atoms with Crippen molar-refractivity contribution in [1.82, 2.24) is 14.8 Å². The lowest BCUT2D eigenvalue weighted by molar-refractivity contribution is 0.274. The third-order valence-electron chi connectivity index (χ3n) is 2.61. The molecular weight excluding hydrogens is 268 g/mol. The smallest absolute Gasteiger partial charge is 0.339 e. The maximum absolute atomic E-state index is 11.2. The summed E-state index contributed by atoms with van der Waals surface area (Å²) in [5.74, 6) is 0.414. The number of aliphatic hydroxyl groups excluding tert-OH is 1. The Morgan fingerprint density at radius 3 is 2.63 bits per heavy atom. The molecule has 0 aliphatic carbocycles. The summed E-state index contributed by atoms with van der Waals surface area (Å²) in [6, 6.07) is -0.209. The maximum atomic E-state index is 11.2. The second-order valence-electron chi connectivity index (χ2n) is 4.83. The minimum Gasteiger partial charge on any atom is -0.395 e. The van der Waals surface area contributed by atoms with Gasteiger partial charge in [0.2, 0.25) is 0 Å². The highest BCUT2D eigenvalue weighted by Gasteiger charge is 2.21. The molecule has 0 bridgehead atoms. The number of nitrogens with two attached hydrogens (primary N) is 1. The molecule has 8 heteroatoms. The van der Waals surface area contributed by atoms with Crippen molar-refractivity contribution < 1.29 is 5.11 Å². The quantitative estimate of drug-likeness (QED) is 0.471. The molecule has 2 unspecified atom stereocenters. The minimum atomic E-state index is -0.838. The maximum Gasteiger partial charge on any atom is 0.339 e. The summed E-state index contributed by atoms with van der Waals surface area (Å²) in [4.78, 5) is 26.0. The first-order valence-corrected chi connectivity index (χ1v) is 6.93. The Bertz CT molecular complexity index is 525. The number of hydrogen-bond acceptors (Lipinski definition) is 6. The van der Waals surface area contributed by atoms with E-state index in [1.165, 1.54) is 16.4 Å². The number of aliphatic hydroxyl groups is 1. The van der Waals surface area contributed by atoms with Gasteiger partial charge in [-0.3, -0.25) is 19.4 Å². The summed E-state index contributed by atoms with van der Waals surface area (Å²) in [5, 5.41) is 11.8. The lowest BCUT2D eigenvalue weighted by atomic mass is 10.0. The van der Waals surface area contributed by atoms with Gasteiger partial charge in [-0.2, -0.15) is 4.98 Å². The largest absolute Gasteiger partial charge is 0.395 e. The first kappa shape index (κ1) is 15.9. The number of nitrogens with one attached hydrogen (secondary N) is 1. The van der Waals surface area contributed by atoms with Crippen LogP contribution in [0, 0.1) is 5.92 Å². The van der Waals surface area contributed by atoms with Gasteiger partial charge in [0.1, 0.15) is 0 Å². The number of H-pyrrole nitrogens is 1. The van der Waals surface area contributed by atoms with Crippen LogP contribution in [0.1, 0.15) is 20.3 Å². The normalized spacial score (nSPS) is 14.6. The lowest BCUT2D eigenvalue weighted by Crippen LogP contribution is -2.38. The number of aromatic nitrogens is 3. The van der Waals surface area contributed by atoms with Crippen LogP contribution in [0.5, 0.6) is 0 Å². The van der Waals surface area contributed by atoms with Gasteiger partial charge in [0, 0.05) is 13.1 Å².